The Kier molecular flexibility index (Phi) is 3.56. The van der Waals surface area contributed by atoms with E-state index in [1.807, 2.05) is 0 Å². The summed E-state index contributed by atoms with van der Waals surface area (Å²) in [6.45, 7) is -0.0559. The van der Waals surface area contributed by atoms with E-state index >= 15 is 0 Å². The van der Waals surface area contributed by atoms with Gasteiger partial charge in [-0.05, 0) is 0 Å². The minimum atomic E-state index is -0.367. The van der Waals surface area contributed by atoms with Crippen molar-refractivity contribution < 1.29 is 9.59 Å². The lowest BCUT2D eigenvalue weighted by atomic mass is 10.7. The molecule has 0 heterocycles. The molecule has 0 aromatic rings. The molecule has 2 amide bonds. The smallest absolute Gasteiger partial charge is 0.314 e. The Morgan fingerprint density at radius 2 is 2.38 bits per heavy atom. The van der Waals surface area contributed by atoms with Gasteiger partial charge in [-0.3, -0.25) is 4.79 Å². The Balaban J connectivity index is 3.11. The highest BCUT2D eigenvalue weighted by Gasteiger charge is 1.89. The lowest BCUT2D eigenvalue weighted by molar-refractivity contribution is 0.244. The third-order valence-electron chi connectivity index (χ3n) is 0.548. The first-order valence-corrected chi connectivity index (χ1v) is 2.12. The predicted octanol–water partition coefficient (Wildman–Crippen LogP) is -0.975. The number of hydrogen-bond donors (Lipinski definition) is 2. The first-order valence-electron chi connectivity index (χ1n) is 2.12. The van der Waals surface area contributed by atoms with Crippen molar-refractivity contribution in [1.29, 1.82) is 0 Å². The highest BCUT2D eigenvalue weighted by atomic mass is 16.2. The number of hydrogen-bond acceptors (Lipinski definition) is 2. The van der Waals surface area contributed by atoms with Gasteiger partial charge >= 0.3 is 6.03 Å². The highest BCUT2D eigenvalue weighted by molar-refractivity contribution is 5.76. The zero-order valence-corrected chi connectivity index (χ0v) is 4.52. The summed E-state index contributed by atoms with van der Waals surface area (Å²) in [6, 6.07) is -0.367. The summed E-state index contributed by atoms with van der Waals surface area (Å²) in [6.07, 6.45) is 1.51. The Hall–Kier alpha value is -1.06. The van der Waals surface area contributed by atoms with Crippen molar-refractivity contribution in [2.24, 2.45) is 0 Å². The first-order chi connectivity index (χ1) is 3.81. The van der Waals surface area contributed by atoms with Crippen molar-refractivity contribution in [3.63, 3.8) is 0 Å². The van der Waals surface area contributed by atoms with Gasteiger partial charge in [0, 0.05) is 7.05 Å². The van der Waals surface area contributed by atoms with E-state index in [2.05, 4.69) is 10.6 Å². The Morgan fingerprint density at radius 1 is 1.75 bits per heavy atom. The SMILES string of the molecule is CNC(=O)NC[C]=O. The largest absolute Gasteiger partial charge is 0.341 e. The number of carbonyl (C=O) groups excluding carboxylic acids is 2. The predicted molar refractivity (Wildman–Crippen MR) is 28.2 cm³/mol. The van der Waals surface area contributed by atoms with Gasteiger partial charge in [0.2, 0.25) is 6.29 Å². The molecule has 0 aromatic heterocycles. The molecule has 0 unspecified atom stereocenters. The summed E-state index contributed by atoms with van der Waals surface area (Å²) in [7, 11) is 1.47. The molecule has 0 saturated carbocycles. The van der Waals surface area contributed by atoms with Crippen LogP contribution < -0.4 is 10.6 Å². The van der Waals surface area contributed by atoms with Crippen molar-refractivity contribution in [2.75, 3.05) is 13.6 Å². The monoisotopic (exact) mass is 115 g/mol. The van der Waals surface area contributed by atoms with Gasteiger partial charge in [0.15, 0.2) is 0 Å². The number of rotatable bonds is 2. The lowest BCUT2D eigenvalue weighted by Crippen LogP contribution is -2.33. The molecule has 0 atom stereocenters. The van der Waals surface area contributed by atoms with Crippen LogP contribution in [0.4, 0.5) is 4.79 Å². The van der Waals surface area contributed by atoms with Crippen LogP contribution in [0.1, 0.15) is 0 Å². The van der Waals surface area contributed by atoms with Crippen LogP contribution in [-0.2, 0) is 4.79 Å². The van der Waals surface area contributed by atoms with E-state index in [1.165, 1.54) is 13.3 Å². The second-order valence-electron chi connectivity index (χ2n) is 1.08. The van der Waals surface area contributed by atoms with E-state index in [4.69, 9.17) is 0 Å². The van der Waals surface area contributed by atoms with E-state index < -0.39 is 0 Å². The molecule has 0 aromatic carbocycles. The van der Waals surface area contributed by atoms with Crippen molar-refractivity contribution in [3.05, 3.63) is 0 Å². The Bertz CT molecular complexity index is 92.0. The van der Waals surface area contributed by atoms with Gasteiger partial charge in [-0.1, -0.05) is 0 Å². The van der Waals surface area contributed by atoms with Crippen molar-refractivity contribution >= 4 is 12.3 Å². The molecule has 1 radical (unpaired) electrons. The Morgan fingerprint density at radius 3 is 2.75 bits per heavy atom. The number of urea groups is 1. The summed E-state index contributed by atoms with van der Waals surface area (Å²) in [5.41, 5.74) is 0. The summed E-state index contributed by atoms with van der Waals surface area (Å²) < 4.78 is 0. The molecule has 8 heavy (non-hydrogen) atoms. The second kappa shape index (κ2) is 4.11. The molecule has 4 heteroatoms. The normalized spacial score (nSPS) is 7.62. The average Bonchev–Trinajstić information content (AvgIpc) is 1.83. The second-order valence-corrected chi connectivity index (χ2v) is 1.08. The fourth-order valence-corrected chi connectivity index (χ4v) is 0.205. The van der Waals surface area contributed by atoms with Crippen molar-refractivity contribution in [3.8, 4) is 0 Å². The molecule has 0 saturated heterocycles. The maximum atomic E-state index is 10.2. The lowest BCUT2D eigenvalue weighted by Gasteiger charge is -1.95. The molecule has 45 valence electrons. The summed E-state index contributed by atoms with van der Waals surface area (Å²) in [5.74, 6) is 0. The third kappa shape index (κ3) is 3.14. The minimum Gasteiger partial charge on any atom is -0.341 e. The van der Waals surface area contributed by atoms with Gasteiger partial charge in [0.25, 0.3) is 0 Å². The molecule has 0 fully saturated rings. The van der Waals surface area contributed by atoms with Gasteiger partial charge < -0.3 is 10.6 Å². The molecule has 0 aliphatic rings. The van der Waals surface area contributed by atoms with Crippen LogP contribution in [0.25, 0.3) is 0 Å². The summed E-state index contributed by atoms with van der Waals surface area (Å²) in [4.78, 5) is 19.6. The van der Waals surface area contributed by atoms with Gasteiger partial charge in [-0.25, -0.2) is 4.79 Å². The average molecular weight is 115 g/mol. The molecule has 2 N–H and O–H groups in total. The van der Waals surface area contributed by atoms with Gasteiger partial charge in [0.1, 0.15) is 0 Å². The topological polar surface area (TPSA) is 58.2 Å². The van der Waals surface area contributed by atoms with Crippen LogP contribution in [0, 0.1) is 0 Å². The van der Waals surface area contributed by atoms with E-state index in [-0.39, 0.29) is 12.6 Å². The summed E-state index contributed by atoms with van der Waals surface area (Å²) in [5, 5.41) is 4.48. The molecule has 0 aliphatic carbocycles. The standard InChI is InChI=1S/C4H7N2O2/c1-5-4(8)6-2-3-7/h2H2,1H3,(H2,5,6,8). The van der Waals surface area contributed by atoms with Crippen LogP contribution in [0.5, 0.6) is 0 Å². The third-order valence-corrected chi connectivity index (χ3v) is 0.548. The number of amides is 2. The molecular weight excluding hydrogens is 108 g/mol. The number of nitrogens with one attached hydrogen (secondary N) is 2. The highest BCUT2D eigenvalue weighted by Crippen LogP contribution is 1.55. The van der Waals surface area contributed by atoms with Crippen molar-refractivity contribution in [2.45, 2.75) is 0 Å². The zero-order chi connectivity index (χ0) is 6.41. The maximum absolute atomic E-state index is 10.2. The summed E-state index contributed by atoms with van der Waals surface area (Å²) >= 11 is 0. The quantitative estimate of drug-likeness (QED) is 0.486. The number of carbonyl (C=O) groups is 1. The molecule has 0 rings (SSSR count). The van der Waals surface area contributed by atoms with E-state index in [0.717, 1.165) is 0 Å². The van der Waals surface area contributed by atoms with Crippen molar-refractivity contribution in [1.82, 2.24) is 10.6 Å². The van der Waals surface area contributed by atoms with Gasteiger partial charge in [-0.2, -0.15) is 0 Å². The van der Waals surface area contributed by atoms with Crippen LogP contribution in [-0.4, -0.2) is 25.9 Å². The fraction of sp³-hybridized carbons (Fsp3) is 0.500. The van der Waals surface area contributed by atoms with Crippen LogP contribution in [0.15, 0.2) is 0 Å². The zero-order valence-electron chi connectivity index (χ0n) is 4.52. The van der Waals surface area contributed by atoms with E-state index in [0.29, 0.717) is 0 Å². The van der Waals surface area contributed by atoms with Gasteiger partial charge in [0.05, 0.1) is 6.54 Å². The molecule has 4 nitrogen and oxygen atoms in total. The van der Waals surface area contributed by atoms with E-state index in [9.17, 15) is 9.59 Å². The van der Waals surface area contributed by atoms with Crippen LogP contribution >= 0.6 is 0 Å². The fourth-order valence-electron chi connectivity index (χ4n) is 0.205. The first kappa shape index (κ1) is 6.94. The molecular formula is C4H7N2O2. The molecule has 0 spiro atoms. The maximum Gasteiger partial charge on any atom is 0.314 e. The van der Waals surface area contributed by atoms with E-state index in [1.54, 1.807) is 0 Å². The van der Waals surface area contributed by atoms with Crippen LogP contribution in [0.3, 0.4) is 0 Å². The molecule has 0 aliphatic heterocycles. The van der Waals surface area contributed by atoms with Gasteiger partial charge in [-0.15, -0.1) is 0 Å². The Labute approximate surface area is 47.3 Å². The van der Waals surface area contributed by atoms with Crippen LogP contribution in [0.2, 0.25) is 0 Å². The molecule has 0 bridgehead atoms. The minimum absolute atomic E-state index is 0.0559.